The van der Waals surface area contributed by atoms with Crippen molar-refractivity contribution < 1.29 is 13.9 Å². The van der Waals surface area contributed by atoms with Gasteiger partial charge in [-0.2, -0.15) is 5.10 Å². The lowest BCUT2D eigenvalue weighted by atomic mass is 9.80. The van der Waals surface area contributed by atoms with Gasteiger partial charge in [0.25, 0.3) is 0 Å². The number of hydrogen-bond acceptors (Lipinski definition) is 3. The molecular formula is C18H15F2N3O. The minimum Gasteiger partial charge on any atom is -0.380 e. The first kappa shape index (κ1) is 16.0. The molecule has 1 atom stereocenters. The number of H-pyrrole nitrogens is 1. The van der Waals surface area contributed by atoms with Gasteiger partial charge in [0.05, 0.1) is 0 Å². The average Bonchev–Trinajstić information content (AvgIpc) is 3.08. The Hall–Kier alpha value is -2.86. The second-order valence-corrected chi connectivity index (χ2v) is 5.46. The quantitative estimate of drug-likeness (QED) is 0.756. The molecule has 0 radical (unpaired) electrons. The fourth-order valence-electron chi connectivity index (χ4n) is 2.56. The van der Waals surface area contributed by atoms with Crippen molar-refractivity contribution in [2.75, 3.05) is 0 Å². The van der Waals surface area contributed by atoms with Gasteiger partial charge in [-0.05, 0) is 41.0 Å². The standard InChI is InChI=1S/C18H15F2N3O/c1-12(13-2-6-15(19)7-3-13)18(24,10-17-21-11-22-23-17)14-4-8-16(20)9-5-14/h2-9,11,24H,1,10H2,(H,21,22,23). The number of nitrogens with one attached hydrogen (secondary N) is 1. The molecule has 1 unspecified atom stereocenters. The molecule has 122 valence electrons. The molecule has 0 fully saturated rings. The Morgan fingerprint density at radius 2 is 1.62 bits per heavy atom. The smallest absolute Gasteiger partial charge is 0.137 e. The summed E-state index contributed by atoms with van der Waals surface area (Å²) in [6.45, 7) is 3.98. The van der Waals surface area contributed by atoms with E-state index in [9.17, 15) is 13.9 Å². The zero-order chi connectivity index (χ0) is 17.2. The Kier molecular flexibility index (Phi) is 4.22. The third-order valence-electron chi connectivity index (χ3n) is 3.90. The molecule has 1 aromatic heterocycles. The van der Waals surface area contributed by atoms with E-state index in [-0.39, 0.29) is 12.2 Å². The minimum atomic E-state index is -1.55. The van der Waals surface area contributed by atoms with Gasteiger partial charge in [0, 0.05) is 6.42 Å². The number of rotatable bonds is 5. The molecule has 0 aliphatic heterocycles. The summed E-state index contributed by atoms with van der Waals surface area (Å²) in [6, 6.07) is 11.2. The first-order valence-electron chi connectivity index (χ1n) is 7.27. The van der Waals surface area contributed by atoms with Gasteiger partial charge in [-0.25, -0.2) is 13.8 Å². The molecule has 0 saturated heterocycles. The van der Waals surface area contributed by atoms with Crippen LogP contribution in [0.3, 0.4) is 0 Å². The highest BCUT2D eigenvalue weighted by Gasteiger charge is 2.35. The SMILES string of the molecule is C=C(c1ccc(F)cc1)C(O)(Cc1ncn[nH]1)c1ccc(F)cc1. The van der Waals surface area contributed by atoms with Crippen LogP contribution in [0.2, 0.25) is 0 Å². The van der Waals surface area contributed by atoms with E-state index in [1.807, 2.05) is 0 Å². The molecule has 2 N–H and O–H groups in total. The summed E-state index contributed by atoms with van der Waals surface area (Å²) in [5, 5.41) is 17.8. The summed E-state index contributed by atoms with van der Waals surface area (Å²) in [7, 11) is 0. The maximum atomic E-state index is 13.2. The summed E-state index contributed by atoms with van der Waals surface area (Å²) in [5.74, 6) is -0.342. The molecule has 24 heavy (non-hydrogen) atoms. The number of halogens is 2. The highest BCUT2D eigenvalue weighted by atomic mass is 19.1. The normalized spacial score (nSPS) is 13.5. The number of aromatic amines is 1. The highest BCUT2D eigenvalue weighted by Crippen LogP contribution is 2.37. The highest BCUT2D eigenvalue weighted by molar-refractivity contribution is 5.72. The van der Waals surface area contributed by atoms with E-state index in [0.29, 0.717) is 22.5 Å². The largest absolute Gasteiger partial charge is 0.380 e. The summed E-state index contributed by atoms with van der Waals surface area (Å²) in [5.41, 5.74) is -0.173. The van der Waals surface area contributed by atoms with Crippen molar-refractivity contribution in [3.8, 4) is 0 Å². The number of aromatic nitrogens is 3. The molecule has 2 aromatic carbocycles. The molecule has 3 rings (SSSR count). The molecule has 4 nitrogen and oxygen atoms in total. The van der Waals surface area contributed by atoms with Crippen molar-refractivity contribution in [2.24, 2.45) is 0 Å². The van der Waals surface area contributed by atoms with Gasteiger partial charge in [-0.1, -0.05) is 30.8 Å². The zero-order valence-electron chi connectivity index (χ0n) is 12.7. The van der Waals surface area contributed by atoms with Crippen LogP contribution in [0.15, 0.2) is 61.4 Å². The lowest BCUT2D eigenvalue weighted by Crippen LogP contribution is -2.30. The van der Waals surface area contributed by atoms with Gasteiger partial charge in [0.1, 0.15) is 29.4 Å². The van der Waals surface area contributed by atoms with Gasteiger partial charge in [-0.3, -0.25) is 5.10 Å². The molecule has 0 saturated carbocycles. The molecule has 0 spiro atoms. The van der Waals surface area contributed by atoms with Gasteiger partial charge in [0.2, 0.25) is 0 Å². The van der Waals surface area contributed by atoms with E-state index in [1.54, 1.807) is 0 Å². The number of hydrogen-bond donors (Lipinski definition) is 2. The van der Waals surface area contributed by atoms with E-state index >= 15 is 0 Å². The van der Waals surface area contributed by atoms with E-state index in [2.05, 4.69) is 21.8 Å². The molecule has 1 heterocycles. The Morgan fingerprint density at radius 3 is 2.17 bits per heavy atom. The minimum absolute atomic E-state index is 0.0643. The lowest BCUT2D eigenvalue weighted by molar-refractivity contribution is 0.0989. The van der Waals surface area contributed by atoms with Gasteiger partial charge >= 0.3 is 0 Å². The van der Waals surface area contributed by atoms with Gasteiger partial charge in [-0.15, -0.1) is 0 Å². The predicted octanol–water partition coefficient (Wildman–Crippen LogP) is 3.23. The van der Waals surface area contributed by atoms with Crippen LogP contribution in [-0.4, -0.2) is 20.3 Å². The number of benzene rings is 2. The third kappa shape index (κ3) is 3.09. The fourth-order valence-corrected chi connectivity index (χ4v) is 2.56. The van der Waals surface area contributed by atoms with Gasteiger partial charge < -0.3 is 5.11 Å². The maximum Gasteiger partial charge on any atom is 0.137 e. The molecular weight excluding hydrogens is 312 g/mol. The second kappa shape index (κ2) is 6.33. The Morgan fingerprint density at radius 1 is 1.04 bits per heavy atom. The predicted molar refractivity (Wildman–Crippen MR) is 85.8 cm³/mol. The summed E-state index contributed by atoms with van der Waals surface area (Å²) < 4.78 is 26.4. The van der Waals surface area contributed by atoms with Gasteiger partial charge in [0.15, 0.2) is 0 Å². The van der Waals surface area contributed by atoms with E-state index in [4.69, 9.17) is 0 Å². The van der Waals surface area contributed by atoms with Crippen LogP contribution in [-0.2, 0) is 12.0 Å². The molecule has 0 aliphatic carbocycles. The lowest BCUT2D eigenvalue weighted by Gasteiger charge is -2.30. The van der Waals surface area contributed by atoms with Crippen molar-refractivity contribution in [1.29, 1.82) is 0 Å². The van der Waals surface area contributed by atoms with Crippen LogP contribution in [0, 0.1) is 11.6 Å². The summed E-state index contributed by atoms with van der Waals surface area (Å²) >= 11 is 0. The second-order valence-electron chi connectivity index (χ2n) is 5.46. The van der Waals surface area contributed by atoms with Crippen molar-refractivity contribution in [3.63, 3.8) is 0 Å². The van der Waals surface area contributed by atoms with Crippen molar-refractivity contribution >= 4 is 5.57 Å². The van der Waals surface area contributed by atoms with Crippen LogP contribution >= 0.6 is 0 Å². The van der Waals surface area contributed by atoms with Crippen molar-refractivity contribution in [2.45, 2.75) is 12.0 Å². The van der Waals surface area contributed by atoms with Crippen molar-refractivity contribution in [3.05, 3.63) is 90.0 Å². The van der Waals surface area contributed by atoms with Crippen LogP contribution < -0.4 is 0 Å². The third-order valence-corrected chi connectivity index (χ3v) is 3.90. The fraction of sp³-hybridized carbons (Fsp3) is 0.111. The monoisotopic (exact) mass is 327 g/mol. The topological polar surface area (TPSA) is 61.8 Å². The van der Waals surface area contributed by atoms with Crippen LogP contribution in [0.5, 0.6) is 0 Å². The first-order chi connectivity index (χ1) is 11.5. The van der Waals surface area contributed by atoms with E-state index < -0.39 is 11.4 Å². The molecule has 0 aliphatic rings. The van der Waals surface area contributed by atoms with E-state index in [1.165, 1.54) is 54.9 Å². The molecule has 3 aromatic rings. The average molecular weight is 327 g/mol. The molecule has 0 bridgehead atoms. The zero-order valence-corrected chi connectivity index (χ0v) is 12.7. The van der Waals surface area contributed by atoms with Crippen molar-refractivity contribution in [1.82, 2.24) is 15.2 Å². The molecule has 0 amide bonds. The maximum absolute atomic E-state index is 13.2. The Bertz CT molecular complexity index is 830. The Balaban J connectivity index is 2.05. The van der Waals surface area contributed by atoms with E-state index in [0.717, 1.165) is 0 Å². The van der Waals surface area contributed by atoms with Crippen LogP contribution in [0.25, 0.3) is 5.57 Å². The number of aliphatic hydroxyl groups is 1. The Labute approximate surface area is 137 Å². The molecule has 6 heteroatoms. The summed E-state index contributed by atoms with van der Waals surface area (Å²) in [6.07, 6.45) is 1.40. The van der Waals surface area contributed by atoms with Crippen LogP contribution in [0.1, 0.15) is 17.0 Å². The first-order valence-corrected chi connectivity index (χ1v) is 7.27. The number of nitrogens with zero attached hydrogens (tertiary/aromatic N) is 2. The summed E-state index contributed by atoms with van der Waals surface area (Å²) in [4.78, 5) is 4.03. The van der Waals surface area contributed by atoms with Crippen LogP contribution in [0.4, 0.5) is 8.78 Å².